The fourth-order valence-electron chi connectivity index (χ4n) is 1.67. The predicted molar refractivity (Wildman–Crippen MR) is 71.6 cm³/mol. The van der Waals surface area contributed by atoms with Crippen molar-refractivity contribution in [3.63, 3.8) is 0 Å². The molecule has 0 unspecified atom stereocenters. The first-order valence-corrected chi connectivity index (χ1v) is 6.32. The minimum absolute atomic E-state index is 0.627. The first-order valence-electron chi connectivity index (χ1n) is 5.53. The van der Waals surface area contributed by atoms with Crippen molar-refractivity contribution in [2.75, 3.05) is 18.0 Å². The van der Waals surface area contributed by atoms with Gasteiger partial charge in [0.1, 0.15) is 0 Å². The normalized spacial score (nSPS) is 10.2. The van der Waals surface area contributed by atoms with Gasteiger partial charge >= 0.3 is 0 Å². The lowest BCUT2D eigenvalue weighted by Gasteiger charge is -2.26. The van der Waals surface area contributed by atoms with Gasteiger partial charge in [0.2, 0.25) is 0 Å². The molecule has 0 aromatic heterocycles. The topological polar surface area (TPSA) is 27.0 Å². The highest BCUT2D eigenvalue weighted by molar-refractivity contribution is 9.10. The van der Waals surface area contributed by atoms with Crippen LogP contribution in [0.25, 0.3) is 0 Å². The summed E-state index contributed by atoms with van der Waals surface area (Å²) in [6.07, 6.45) is 0. The third-order valence-electron chi connectivity index (χ3n) is 2.38. The van der Waals surface area contributed by atoms with E-state index in [9.17, 15) is 0 Å². The minimum atomic E-state index is 0.627. The van der Waals surface area contributed by atoms with Crippen LogP contribution in [0.2, 0.25) is 0 Å². The second kappa shape index (κ2) is 5.91. The number of nitriles is 1. The third-order valence-corrected chi connectivity index (χ3v) is 3.02. The van der Waals surface area contributed by atoms with Gasteiger partial charge < -0.3 is 4.90 Å². The predicted octanol–water partition coefficient (Wildman–Crippen LogP) is 3.80. The number of hydrogen-bond acceptors (Lipinski definition) is 2. The highest BCUT2D eigenvalue weighted by Crippen LogP contribution is 2.27. The summed E-state index contributed by atoms with van der Waals surface area (Å²) < 4.78 is 0.994. The molecule has 0 atom stereocenters. The molecule has 0 heterocycles. The second-order valence-electron chi connectivity index (χ2n) is 4.21. The van der Waals surface area contributed by atoms with E-state index in [0.29, 0.717) is 11.5 Å². The molecule has 0 spiro atoms. The van der Waals surface area contributed by atoms with Crippen molar-refractivity contribution in [2.24, 2.45) is 5.92 Å². The molecule has 3 heteroatoms. The van der Waals surface area contributed by atoms with Crippen LogP contribution in [0.1, 0.15) is 26.3 Å². The van der Waals surface area contributed by atoms with Crippen molar-refractivity contribution >= 4 is 21.6 Å². The molecule has 1 aromatic carbocycles. The molecule has 2 nitrogen and oxygen atoms in total. The highest BCUT2D eigenvalue weighted by atomic mass is 79.9. The Labute approximate surface area is 106 Å². The molecule has 0 saturated heterocycles. The lowest BCUT2D eigenvalue weighted by molar-refractivity contribution is 0.618. The lowest BCUT2D eigenvalue weighted by Crippen LogP contribution is -2.27. The van der Waals surface area contributed by atoms with E-state index in [2.05, 4.69) is 47.7 Å². The summed E-state index contributed by atoms with van der Waals surface area (Å²) in [4.78, 5) is 2.32. The summed E-state index contributed by atoms with van der Waals surface area (Å²) in [5.41, 5.74) is 1.85. The van der Waals surface area contributed by atoms with Crippen molar-refractivity contribution < 1.29 is 0 Å². The highest BCUT2D eigenvalue weighted by Gasteiger charge is 2.10. The second-order valence-corrected chi connectivity index (χ2v) is 5.06. The molecule has 0 saturated carbocycles. The van der Waals surface area contributed by atoms with Gasteiger partial charge in [0.05, 0.1) is 17.3 Å². The van der Waals surface area contributed by atoms with E-state index in [4.69, 9.17) is 5.26 Å². The third kappa shape index (κ3) is 3.24. The lowest BCUT2D eigenvalue weighted by atomic mass is 10.1. The smallest absolute Gasteiger partial charge is 0.0992 e. The van der Waals surface area contributed by atoms with Crippen LogP contribution < -0.4 is 4.90 Å². The molecular weight excluding hydrogens is 264 g/mol. The van der Waals surface area contributed by atoms with Gasteiger partial charge in [0, 0.05) is 17.6 Å². The fourth-order valence-corrected chi connectivity index (χ4v) is 2.30. The molecule has 0 aliphatic heterocycles. The minimum Gasteiger partial charge on any atom is -0.371 e. The summed E-state index contributed by atoms with van der Waals surface area (Å²) in [6.45, 7) is 8.57. The number of nitrogens with zero attached hydrogens (tertiary/aromatic N) is 2. The number of hydrogen-bond donors (Lipinski definition) is 0. The van der Waals surface area contributed by atoms with Gasteiger partial charge in [-0.1, -0.05) is 13.8 Å². The zero-order chi connectivity index (χ0) is 12.1. The number of rotatable bonds is 4. The van der Waals surface area contributed by atoms with Crippen LogP contribution in [0.15, 0.2) is 22.7 Å². The van der Waals surface area contributed by atoms with Crippen LogP contribution in [0.3, 0.4) is 0 Å². The average molecular weight is 281 g/mol. The maximum absolute atomic E-state index is 8.81. The van der Waals surface area contributed by atoms with Gasteiger partial charge in [0.15, 0.2) is 0 Å². The van der Waals surface area contributed by atoms with Crippen LogP contribution in [-0.2, 0) is 0 Å². The maximum atomic E-state index is 8.81. The Bertz CT molecular complexity index is 393. The van der Waals surface area contributed by atoms with Crippen LogP contribution in [0.4, 0.5) is 5.69 Å². The van der Waals surface area contributed by atoms with E-state index in [0.717, 1.165) is 23.2 Å². The van der Waals surface area contributed by atoms with Gasteiger partial charge in [-0.25, -0.2) is 0 Å². The Kier molecular flexibility index (Phi) is 4.82. The first-order chi connectivity index (χ1) is 7.58. The van der Waals surface area contributed by atoms with E-state index in [1.54, 1.807) is 0 Å². The quantitative estimate of drug-likeness (QED) is 0.839. The van der Waals surface area contributed by atoms with Crippen LogP contribution in [0, 0.1) is 17.2 Å². The molecule has 1 rings (SSSR count). The van der Waals surface area contributed by atoms with Gasteiger partial charge in [0.25, 0.3) is 0 Å². The largest absolute Gasteiger partial charge is 0.371 e. The van der Waals surface area contributed by atoms with Crippen LogP contribution in [0.5, 0.6) is 0 Å². The zero-order valence-electron chi connectivity index (χ0n) is 10.00. The van der Waals surface area contributed by atoms with Crippen molar-refractivity contribution in [1.29, 1.82) is 5.26 Å². The van der Waals surface area contributed by atoms with Crippen molar-refractivity contribution in [3.8, 4) is 6.07 Å². The number of halogens is 1. The number of benzene rings is 1. The monoisotopic (exact) mass is 280 g/mol. The van der Waals surface area contributed by atoms with Gasteiger partial charge in [-0.05, 0) is 47.0 Å². The van der Waals surface area contributed by atoms with E-state index in [1.807, 2.05) is 18.2 Å². The molecule has 0 bridgehead atoms. The van der Waals surface area contributed by atoms with Crippen LogP contribution in [-0.4, -0.2) is 13.1 Å². The Balaban J connectivity index is 2.98. The van der Waals surface area contributed by atoms with Gasteiger partial charge in [-0.15, -0.1) is 0 Å². The molecule has 0 amide bonds. The van der Waals surface area contributed by atoms with Crippen molar-refractivity contribution in [1.82, 2.24) is 0 Å². The van der Waals surface area contributed by atoms with E-state index >= 15 is 0 Å². The van der Waals surface area contributed by atoms with Crippen LogP contribution >= 0.6 is 15.9 Å². The summed E-state index contributed by atoms with van der Waals surface area (Å²) in [6, 6.07) is 7.89. The molecule has 0 N–H and O–H groups in total. The molecule has 1 aromatic rings. The zero-order valence-corrected chi connectivity index (χ0v) is 11.6. The molecule has 86 valence electrons. The molecule has 0 radical (unpaired) electrons. The molecule has 0 aliphatic carbocycles. The van der Waals surface area contributed by atoms with Crippen molar-refractivity contribution in [2.45, 2.75) is 20.8 Å². The van der Waals surface area contributed by atoms with E-state index in [1.165, 1.54) is 0 Å². The Morgan fingerprint density at radius 1 is 1.44 bits per heavy atom. The summed E-state index contributed by atoms with van der Waals surface area (Å²) in [5.74, 6) is 0.627. The van der Waals surface area contributed by atoms with E-state index in [-0.39, 0.29) is 0 Å². The summed E-state index contributed by atoms with van der Waals surface area (Å²) in [7, 11) is 0. The van der Waals surface area contributed by atoms with E-state index < -0.39 is 0 Å². The first kappa shape index (κ1) is 13.1. The average Bonchev–Trinajstić information content (AvgIpc) is 2.25. The Morgan fingerprint density at radius 3 is 2.56 bits per heavy atom. The molecular formula is C13H17BrN2. The van der Waals surface area contributed by atoms with Gasteiger partial charge in [-0.2, -0.15) is 5.26 Å². The molecule has 16 heavy (non-hydrogen) atoms. The SMILES string of the molecule is CCN(CC(C)C)c1ccc(C#N)cc1Br. The fraction of sp³-hybridized carbons (Fsp3) is 0.462. The summed E-state index contributed by atoms with van der Waals surface area (Å²) in [5, 5.41) is 8.81. The maximum Gasteiger partial charge on any atom is 0.0992 e. The van der Waals surface area contributed by atoms with Gasteiger partial charge in [-0.3, -0.25) is 0 Å². The Morgan fingerprint density at radius 2 is 2.12 bits per heavy atom. The molecule has 0 aliphatic rings. The Hall–Kier alpha value is -1.01. The number of anilines is 1. The summed E-state index contributed by atoms with van der Waals surface area (Å²) >= 11 is 3.53. The standard InChI is InChI=1S/C13H17BrN2/c1-4-16(9-10(2)3)13-6-5-11(8-15)7-12(13)14/h5-7,10H,4,9H2,1-3H3. The molecule has 0 fully saturated rings. The van der Waals surface area contributed by atoms with Crippen molar-refractivity contribution in [3.05, 3.63) is 28.2 Å².